The molecule has 14 heavy (non-hydrogen) atoms. The van der Waals surface area contributed by atoms with Crippen LogP contribution in [-0.4, -0.2) is 25.0 Å². The lowest BCUT2D eigenvalue weighted by molar-refractivity contribution is 0.230. The summed E-state index contributed by atoms with van der Waals surface area (Å²) in [7, 11) is 3.35. The number of halogens is 2. The summed E-state index contributed by atoms with van der Waals surface area (Å²) >= 11 is 9.16. The van der Waals surface area contributed by atoms with E-state index in [1.807, 2.05) is 0 Å². The Kier molecular flexibility index (Phi) is 3.77. The number of amides is 2. The van der Waals surface area contributed by atoms with Gasteiger partial charge in [-0.2, -0.15) is 0 Å². The predicted molar refractivity (Wildman–Crippen MR) is 61.9 cm³/mol. The van der Waals surface area contributed by atoms with Crippen molar-refractivity contribution in [3.05, 3.63) is 27.7 Å². The van der Waals surface area contributed by atoms with Crippen LogP contribution in [0.15, 0.2) is 22.7 Å². The van der Waals surface area contributed by atoms with Gasteiger partial charge in [0.25, 0.3) is 0 Å². The minimum atomic E-state index is -0.187. The molecule has 1 N–H and O–H groups in total. The van der Waals surface area contributed by atoms with Gasteiger partial charge in [-0.05, 0) is 28.1 Å². The molecule has 1 rings (SSSR count). The van der Waals surface area contributed by atoms with E-state index in [2.05, 4.69) is 21.2 Å². The molecule has 1 aromatic carbocycles. The van der Waals surface area contributed by atoms with Crippen LogP contribution in [0.25, 0.3) is 0 Å². The van der Waals surface area contributed by atoms with Crippen LogP contribution in [0.1, 0.15) is 0 Å². The molecule has 0 bridgehead atoms. The maximum atomic E-state index is 11.3. The van der Waals surface area contributed by atoms with Crippen molar-refractivity contribution in [1.29, 1.82) is 0 Å². The molecule has 0 fully saturated rings. The van der Waals surface area contributed by atoms with Crippen LogP contribution in [0.4, 0.5) is 10.5 Å². The molecule has 0 atom stereocenters. The Hall–Kier alpha value is -0.740. The quantitative estimate of drug-likeness (QED) is 0.840. The molecule has 0 saturated carbocycles. The Morgan fingerprint density at radius 2 is 2.14 bits per heavy atom. The highest BCUT2D eigenvalue weighted by Gasteiger charge is 2.08. The lowest BCUT2D eigenvalue weighted by Gasteiger charge is -2.13. The molecular weight excluding hydrogens is 267 g/mol. The first-order valence-corrected chi connectivity index (χ1v) is 5.12. The molecule has 3 nitrogen and oxygen atoms in total. The summed E-state index contributed by atoms with van der Waals surface area (Å²) < 4.78 is 0.692. The van der Waals surface area contributed by atoms with Gasteiger partial charge in [-0.15, -0.1) is 0 Å². The maximum Gasteiger partial charge on any atom is 0.321 e. The van der Waals surface area contributed by atoms with Crippen LogP contribution in [-0.2, 0) is 0 Å². The number of hydrogen-bond acceptors (Lipinski definition) is 1. The standard InChI is InChI=1S/C9H10BrClN2O/c1-13(2)9(14)12-7-5-3-4-6(11)8(7)10/h3-5H,1-2H3,(H,12,14). The molecule has 0 radical (unpaired) electrons. The van der Waals surface area contributed by atoms with Crippen LogP contribution in [0.5, 0.6) is 0 Å². The first-order chi connectivity index (χ1) is 6.52. The number of benzene rings is 1. The second-order valence-electron chi connectivity index (χ2n) is 2.93. The topological polar surface area (TPSA) is 32.3 Å². The van der Waals surface area contributed by atoms with Crippen molar-refractivity contribution in [2.75, 3.05) is 19.4 Å². The van der Waals surface area contributed by atoms with E-state index in [-0.39, 0.29) is 6.03 Å². The number of anilines is 1. The average Bonchev–Trinajstić information content (AvgIpc) is 2.12. The van der Waals surface area contributed by atoms with Crippen molar-refractivity contribution in [3.63, 3.8) is 0 Å². The van der Waals surface area contributed by atoms with Gasteiger partial charge < -0.3 is 10.2 Å². The Labute approximate surface area is 96.2 Å². The van der Waals surface area contributed by atoms with Crippen molar-refractivity contribution in [2.45, 2.75) is 0 Å². The van der Waals surface area contributed by atoms with Gasteiger partial charge in [-0.1, -0.05) is 17.7 Å². The van der Waals surface area contributed by atoms with E-state index in [9.17, 15) is 4.79 Å². The minimum Gasteiger partial charge on any atom is -0.331 e. The van der Waals surface area contributed by atoms with E-state index in [0.29, 0.717) is 15.2 Å². The van der Waals surface area contributed by atoms with Crippen molar-refractivity contribution in [2.24, 2.45) is 0 Å². The van der Waals surface area contributed by atoms with E-state index < -0.39 is 0 Å². The fourth-order valence-electron chi connectivity index (χ4n) is 0.827. The molecule has 0 aliphatic carbocycles. The summed E-state index contributed by atoms with van der Waals surface area (Å²) in [4.78, 5) is 12.8. The van der Waals surface area contributed by atoms with Crippen LogP contribution >= 0.6 is 27.5 Å². The summed E-state index contributed by atoms with van der Waals surface area (Å²) in [6, 6.07) is 5.11. The van der Waals surface area contributed by atoms with E-state index >= 15 is 0 Å². The minimum absolute atomic E-state index is 0.187. The molecule has 76 valence electrons. The van der Waals surface area contributed by atoms with Gasteiger partial charge in [0, 0.05) is 14.1 Å². The number of hydrogen-bond donors (Lipinski definition) is 1. The number of urea groups is 1. The zero-order chi connectivity index (χ0) is 10.7. The summed E-state index contributed by atoms with van der Waals surface area (Å²) in [5.74, 6) is 0. The Morgan fingerprint density at radius 3 is 2.71 bits per heavy atom. The van der Waals surface area contributed by atoms with Gasteiger partial charge in [0.05, 0.1) is 15.2 Å². The lowest BCUT2D eigenvalue weighted by atomic mass is 10.3. The fourth-order valence-corrected chi connectivity index (χ4v) is 1.37. The van der Waals surface area contributed by atoms with Gasteiger partial charge in [0.2, 0.25) is 0 Å². The molecular formula is C9H10BrClN2O. The summed E-state index contributed by atoms with van der Waals surface area (Å²) in [6.07, 6.45) is 0. The van der Waals surface area contributed by atoms with Crippen molar-refractivity contribution in [1.82, 2.24) is 4.90 Å². The zero-order valence-electron chi connectivity index (χ0n) is 7.84. The molecule has 0 unspecified atom stereocenters. The third-order valence-corrected chi connectivity index (χ3v) is 3.00. The van der Waals surface area contributed by atoms with Crippen molar-refractivity contribution < 1.29 is 4.79 Å². The van der Waals surface area contributed by atoms with E-state index in [1.54, 1.807) is 32.3 Å². The van der Waals surface area contributed by atoms with Crippen LogP contribution in [0, 0.1) is 0 Å². The van der Waals surface area contributed by atoms with Crippen LogP contribution in [0.2, 0.25) is 5.02 Å². The van der Waals surface area contributed by atoms with Crippen molar-refractivity contribution >= 4 is 39.2 Å². The molecule has 0 saturated heterocycles. The Bertz CT molecular complexity index is 355. The van der Waals surface area contributed by atoms with Gasteiger partial charge in [0.1, 0.15) is 0 Å². The highest BCUT2D eigenvalue weighted by Crippen LogP contribution is 2.29. The monoisotopic (exact) mass is 276 g/mol. The lowest BCUT2D eigenvalue weighted by Crippen LogP contribution is -2.27. The molecule has 5 heteroatoms. The molecule has 1 aromatic rings. The second kappa shape index (κ2) is 4.66. The zero-order valence-corrected chi connectivity index (χ0v) is 10.2. The highest BCUT2D eigenvalue weighted by atomic mass is 79.9. The SMILES string of the molecule is CN(C)C(=O)Nc1cccc(Cl)c1Br. The van der Waals surface area contributed by atoms with E-state index in [0.717, 1.165) is 0 Å². The maximum absolute atomic E-state index is 11.3. The molecule has 0 aromatic heterocycles. The molecule has 0 aliphatic rings. The third kappa shape index (κ3) is 2.62. The third-order valence-electron chi connectivity index (χ3n) is 1.60. The number of rotatable bonds is 1. The molecule has 0 spiro atoms. The van der Waals surface area contributed by atoms with Crippen molar-refractivity contribution in [3.8, 4) is 0 Å². The number of carbonyl (C=O) groups is 1. The number of nitrogens with one attached hydrogen (secondary N) is 1. The van der Waals surface area contributed by atoms with E-state index in [4.69, 9.17) is 11.6 Å². The summed E-state index contributed by atoms with van der Waals surface area (Å²) in [6.45, 7) is 0. The normalized spacial score (nSPS) is 9.71. The smallest absolute Gasteiger partial charge is 0.321 e. The van der Waals surface area contributed by atoms with Gasteiger partial charge in [-0.3, -0.25) is 0 Å². The van der Waals surface area contributed by atoms with Gasteiger partial charge >= 0.3 is 6.03 Å². The fraction of sp³-hybridized carbons (Fsp3) is 0.222. The van der Waals surface area contributed by atoms with Crippen LogP contribution < -0.4 is 5.32 Å². The number of carbonyl (C=O) groups excluding carboxylic acids is 1. The molecule has 2 amide bonds. The summed E-state index contributed by atoms with van der Waals surface area (Å²) in [5, 5.41) is 3.28. The molecule has 0 aliphatic heterocycles. The Balaban J connectivity index is 2.87. The Morgan fingerprint density at radius 1 is 1.50 bits per heavy atom. The number of nitrogens with zero attached hydrogens (tertiary/aromatic N) is 1. The predicted octanol–water partition coefficient (Wildman–Crippen LogP) is 3.20. The van der Waals surface area contributed by atoms with Gasteiger partial charge in [0.15, 0.2) is 0 Å². The first kappa shape index (κ1) is 11.3. The first-order valence-electron chi connectivity index (χ1n) is 3.94. The van der Waals surface area contributed by atoms with E-state index in [1.165, 1.54) is 4.90 Å². The summed E-state index contributed by atoms with van der Waals surface area (Å²) in [5.41, 5.74) is 0.663. The molecule has 0 heterocycles. The highest BCUT2D eigenvalue weighted by molar-refractivity contribution is 9.10. The largest absolute Gasteiger partial charge is 0.331 e. The van der Waals surface area contributed by atoms with Crippen LogP contribution in [0.3, 0.4) is 0 Å². The second-order valence-corrected chi connectivity index (χ2v) is 4.13. The van der Waals surface area contributed by atoms with Gasteiger partial charge in [-0.25, -0.2) is 4.79 Å². The average molecular weight is 278 g/mol.